The summed E-state index contributed by atoms with van der Waals surface area (Å²) < 4.78 is 0. The summed E-state index contributed by atoms with van der Waals surface area (Å²) in [7, 11) is 0. The van der Waals surface area contributed by atoms with Gasteiger partial charge in [0.1, 0.15) is 0 Å². The topological polar surface area (TPSA) is 12.0 Å². The molecule has 0 unspecified atom stereocenters. The summed E-state index contributed by atoms with van der Waals surface area (Å²) in [6.45, 7) is 3.30. The lowest BCUT2D eigenvalue weighted by Crippen LogP contribution is -2.25. The quantitative estimate of drug-likeness (QED) is 0.751. The molecule has 1 fully saturated rings. The van der Waals surface area contributed by atoms with Gasteiger partial charge in [0.25, 0.3) is 0 Å². The number of hydrogen-bond donors (Lipinski definition) is 1. The molecule has 1 N–H and O–H groups in total. The van der Waals surface area contributed by atoms with E-state index in [2.05, 4.69) is 42.6 Å². The average molecular weight is 189 g/mol. The first-order chi connectivity index (χ1) is 6.84. The van der Waals surface area contributed by atoms with E-state index in [-0.39, 0.29) is 0 Å². The summed E-state index contributed by atoms with van der Waals surface area (Å²) >= 11 is 0. The van der Waals surface area contributed by atoms with E-state index in [0.29, 0.717) is 6.04 Å². The molecule has 1 aliphatic carbocycles. The Kier molecular flexibility index (Phi) is 3.20. The lowest BCUT2D eigenvalue weighted by molar-refractivity contribution is 0.487. The number of hydrogen-bond acceptors (Lipinski definition) is 1. The summed E-state index contributed by atoms with van der Waals surface area (Å²) in [6, 6.07) is 11.3. The van der Waals surface area contributed by atoms with Crippen LogP contribution in [0.4, 0.5) is 0 Å². The molecule has 1 saturated carbocycles. The van der Waals surface area contributed by atoms with E-state index < -0.39 is 0 Å². The Labute approximate surface area is 86.5 Å². The van der Waals surface area contributed by atoms with Crippen molar-refractivity contribution in [3.63, 3.8) is 0 Å². The summed E-state index contributed by atoms with van der Waals surface area (Å²) in [5.74, 6) is 1.02. The highest BCUT2D eigenvalue weighted by molar-refractivity contribution is 5.14. The van der Waals surface area contributed by atoms with Crippen LogP contribution in [0.25, 0.3) is 0 Å². The third kappa shape index (κ3) is 3.15. The lowest BCUT2D eigenvalue weighted by atomic mass is 10.1. The molecule has 1 atom stereocenters. The van der Waals surface area contributed by atoms with Crippen LogP contribution in [0, 0.1) is 5.92 Å². The van der Waals surface area contributed by atoms with Gasteiger partial charge >= 0.3 is 0 Å². The normalized spacial score (nSPS) is 18.1. The molecule has 0 radical (unpaired) electrons. The van der Waals surface area contributed by atoms with Gasteiger partial charge in [0.05, 0.1) is 0 Å². The van der Waals surface area contributed by atoms with Crippen molar-refractivity contribution in [2.75, 3.05) is 0 Å². The summed E-state index contributed by atoms with van der Waals surface area (Å²) in [5, 5.41) is 3.57. The molecule has 0 bridgehead atoms. The zero-order chi connectivity index (χ0) is 9.80. The monoisotopic (exact) mass is 189 g/mol. The van der Waals surface area contributed by atoms with Gasteiger partial charge in [0.15, 0.2) is 0 Å². The summed E-state index contributed by atoms with van der Waals surface area (Å²) in [4.78, 5) is 0. The van der Waals surface area contributed by atoms with Crippen molar-refractivity contribution in [3.05, 3.63) is 35.9 Å². The highest BCUT2D eigenvalue weighted by Crippen LogP contribution is 2.33. The second-order valence-corrected chi connectivity index (χ2v) is 4.45. The Morgan fingerprint density at radius 2 is 2.00 bits per heavy atom. The third-order valence-electron chi connectivity index (χ3n) is 2.88. The van der Waals surface area contributed by atoms with Crippen LogP contribution in [0.1, 0.15) is 31.7 Å². The van der Waals surface area contributed by atoms with Crippen LogP contribution in [0.2, 0.25) is 0 Å². The fourth-order valence-electron chi connectivity index (χ4n) is 1.82. The average Bonchev–Trinajstić information content (AvgIpc) is 3.00. The molecule has 14 heavy (non-hydrogen) atoms. The maximum Gasteiger partial charge on any atom is 0.0207 e. The van der Waals surface area contributed by atoms with Crippen molar-refractivity contribution < 1.29 is 0 Å². The maximum absolute atomic E-state index is 3.57. The van der Waals surface area contributed by atoms with Gasteiger partial charge in [0.2, 0.25) is 0 Å². The van der Waals surface area contributed by atoms with Crippen LogP contribution in [0.3, 0.4) is 0 Å². The Hall–Kier alpha value is -0.820. The van der Waals surface area contributed by atoms with Crippen molar-refractivity contribution in [2.24, 2.45) is 5.92 Å². The molecule has 0 spiro atoms. The molecule has 1 aromatic rings. The van der Waals surface area contributed by atoms with Crippen LogP contribution in [-0.4, -0.2) is 6.04 Å². The van der Waals surface area contributed by atoms with Gasteiger partial charge in [-0.1, -0.05) is 43.2 Å². The second-order valence-electron chi connectivity index (χ2n) is 4.45. The van der Waals surface area contributed by atoms with Gasteiger partial charge in [-0.3, -0.25) is 0 Å². The van der Waals surface area contributed by atoms with E-state index in [1.54, 1.807) is 0 Å². The van der Waals surface area contributed by atoms with Crippen molar-refractivity contribution in [2.45, 2.75) is 38.8 Å². The van der Waals surface area contributed by atoms with Gasteiger partial charge in [-0.15, -0.1) is 0 Å². The third-order valence-corrected chi connectivity index (χ3v) is 2.88. The molecule has 0 amide bonds. The van der Waals surface area contributed by atoms with Gasteiger partial charge in [0, 0.05) is 12.6 Å². The van der Waals surface area contributed by atoms with Crippen LogP contribution < -0.4 is 5.32 Å². The van der Waals surface area contributed by atoms with Crippen LogP contribution >= 0.6 is 0 Å². The first-order valence-electron chi connectivity index (χ1n) is 5.62. The zero-order valence-electron chi connectivity index (χ0n) is 8.87. The Morgan fingerprint density at radius 3 is 2.64 bits per heavy atom. The number of rotatable bonds is 5. The molecule has 0 aliphatic heterocycles. The molecular formula is C13H19N. The zero-order valence-corrected chi connectivity index (χ0v) is 8.87. The second kappa shape index (κ2) is 4.61. The Balaban J connectivity index is 1.70. The molecule has 1 aliphatic rings. The standard InChI is InChI=1S/C13H19N/c1-11(9-12-7-8-12)14-10-13-5-3-2-4-6-13/h2-6,11-12,14H,7-10H2,1H3/t11-/m1/s1. The SMILES string of the molecule is C[C@H](CC1CC1)NCc1ccccc1. The molecular weight excluding hydrogens is 170 g/mol. The molecule has 0 saturated heterocycles. The molecule has 76 valence electrons. The maximum atomic E-state index is 3.57. The minimum absolute atomic E-state index is 0.669. The smallest absolute Gasteiger partial charge is 0.0207 e. The minimum Gasteiger partial charge on any atom is -0.310 e. The van der Waals surface area contributed by atoms with E-state index in [9.17, 15) is 0 Å². The highest BCUT2D eigenvalue weighted by Gasteiger charge is 2.23. The Bertz CT molecular complexity index is 264. The first kappa shape index (κ1) is 9.72. The van der Waals surface area contributed by atoms with E-state index in [0.717, 1.165) is 12.5 Å². The highest BCUT2D eigenvalue weighted by atomic mass is 14.9. The van der Waals surface area contributed by atoms with Crippen molar-refractivity contribution >= 4 is 0 Å². The molecule has 1 nitrogen and oxygen atoms in total. The molecule has 1 aromatic carbocycles. The molecule has 0 aromatic heterocycles. The number of nitrogens with one attached hydrogen (secondary N) is 1. The predicted octanol–water partition coefficient (Wildman–Crippen LogP) is 2.96. The lowest BCUT2D eigenvalue weighted by Gasteiger charge is -2.12. The first-order valence-corrected chi connectivity index (χ1v) is 5.62. The minimum atomic E-state index is 0.669. The van der Waals surface area contributed by atoms with Crippen molar-refractivity contribution in [1.29, 1.82) is 0 Å². The molecule has 0 heterocycles. The van der Waals surface area contributed by atoms with E-state index in [1.807, 2.05) is 0 Å². The van der Waals surface area contributed by atoms with E-state index >= 15 is 0 Å². The molecule has 1 heteroatoms. The molecule has 2 rings (SSSR count). The predicted molar refractivity (Wildman–Crippen MR) is 60.1 cm³/mol. The van der Waals surface area contributed by atoms with Crippen LogP contribution in [0.15, 0.2) is 30.3 Å². The van der Waals surface area contributed by atoms with Crippen LogP contribution in [0.5, 0.6) is 0 Å². The summed E-state index contributed by atoms with van der Waals surface area (Å²) in [5.41, 5.74) is 1.38. The Morgan fingerprint density at radius 1 is 1.29 bits per heavy atom. The van der Waals surface area contributed by atoms with Gasteiger partial charge in [-0.05, 0) is 24.8 Å². The van der Waals surface area contributed by atoms with Gasteiger partial charge in [-0.2, -0.15) is 0 Å². The van der Waals surface area contributed by atoms with E-state index in [4.69, 9.17) is 0 Å². The van der Waals surface area contributed by atoms with Gasteiger partial charge < -0.3 is 5.32 Å². The van der Waals surface area contributed by atoms with Gasteiger partial charge in [-0.25, -0.2) is 0 Å². The van der Waals surface area contributed by atoms with Crippen molar-refractivity contribution in [1.82, 2.24) is 5.32 Å². The van der Waals surface area contributed by atoms with Crippen molar-refractivity contribution in [3.8, 4) is 0 Å². The number of benzene rings is 1. The fraction of sp³-hybridized carbons (Fsp3) is 0.538. The van der Waals surface area contributed by atoms with E-state index in [1.165, 1.54) is 24.8 Å². The fourth-order valence-corrected chi connectivity index (χ4v) is 1.82. The largest absolute Gasteiger partial charge is 0.310 e. The summed E-state index contributed by atoms with van der Waals surface area (Å²) in [6.07, 6.45) is 4.27. The van der Waals surface area contributed by atoms with Crippen LogP contribution in [-0.2, 0) is 6.54 Å².